The quantitative estimate of drug-likeness (QED) is 0.0687. The van der Waals surface area contributed by atoms with Gasteiger partial charge in [-0.1, -0.05) is 176 Å². The number of piperazine rings is 2. The predicted octanol–water partition coefficient (Wildman–Crippen LogP) is 13.5. The fraction of sp³-hybridized carbons (Fsp3) is 0.794. The van der Waals surface area contributed by atoms with Gasteiger partial charge in [0.05, 0.1) is 5.56 Å². The summed E-state index contributed by atoms with van der Waals surface area (Å²) in [4.78, 5) is 185. The fourth-order valence-electron chi connectivity index (χ4n) is 18.6. The number of carbonyl (C=O) groups excluding carboxylic acids is 12. The van der Waals surface area contributed by atoms with Crippen molar-refractivity contribution in [2.45, 2.75) is 266 Å². The number of hydrogen-bond acceptors (Lipinski definition) is 22. The second kappa shape index (κ2) is 56.3. The third-order valence-corrected chi connectivity index (χ3v) is 27.3. The molecule has 0 bridgehead atoms. The molecule has 6 fully saturated rings. The number of nitrogens with zero attached hydrogens (tertiary/aromatic N) is 14. The standard InChI is InChI=1S/2C19H35N3O2.C18H34N2O2.2C17H27N3O2.C17H32N2O2/c2*1-19(2,3)17(23)15-7-5-6-8-16(15)18(24)21(4)13-14-22-11-9-20-10-12-22;1-13(12-19(5)6)20(7)17(22)15-11-9-8-10-14(15)16(21)18(2,3)4;1-12(11-19(5)6)20(7)16(22)13-9-8-10-18-14(13)15(21)17(2,3)4;1-12(11-19(5)6)20(7)16(22)14-13(9-8-10-18-14)15(21)17(2,3)4;1-17(2,3)15(20)13-9-7-8-10-14(13)16(21)19(6)12-11-18(4)5/h2*15-16,20H,5-14H2,1-4H3;13-15H,8-12H2,1-7H3;2*8-10,12H,11H2,1-7H3;13-14H,7-12H2,1-6H3/t2*15-,16+;13?,14-,15+;;;13-,14+/m100..1/s1. The van der Waals surface area contributed by atoms with Crippen molar-refractivity contribution in [1.29, 1.82) is 0 Å². The van der Waals surface area contributed by atoms with E-state index < -0.39 is 10.8 Å². The second-order valence-corrected chi connectivity index (χ2v) is 46.8. The van der Waals surface area contributed by atoms with Crippen molar-refractivity contribution in [3.05, 3.63) is 59.2 Å². The van der Waals surface area contributed by atoms with Gasteiger partial charge >= 0.3 is 0 Å². The molecule has 4 saturated carbocycles. The first-order valence-electron chi connectivity index (χ1n) is 50.6. The van der Waals surface area contributed by atoms with Crippen LogP contribution >= 0.6 is 0 Å². The number of amides is 6. The molecule has 6 aliphatic rings. The van der Waals surface area contributed by atoms with Crippen LogP contribution in [0.15, 0.2) is 36.7 Å². The molecule has 4 aliphatic carbocycles. The molecule has 8 rings (SSSR count). The molecule has 2 N–H and O–H groups in total. The lowest BCUT2D eigenvalue weighted by molar-refractivity contribution is -0.146. The molecular weight excluding hydrogens is 1700 g/mol. The average Bonchev–Trinajstić information content (AvgIpc) is 0.833. The Labute approximate surface area is 817 Å². The first-order valence-corrected chi connectivity index (χ1v) is 50.6. The van der Waals surface area contributed by atoms with Crippen LogP contribution in [0.2, 0.25) is 0 Å². The van der Waals surface area contributed by atoms with E-state index >= 15 is 0 Å². The molecule has 2 saturated heterocycles. The Bertz CT molecular complexity index is 3870. The molecule has 0 spiro atoms. The number of likely N-dealkylation sites (N-methyl/N-ethyl adjacent to an activating group) is 10. The molecule has 0 aromatic carbocycles. The van der Waals surface area contributed by atoms with Gasteiger partial charge < -0.3 is 59.6 Å². The molecule has 770 valence electrons. The predicted molar refractivity (Wildman–Crippen MR) is 547 cm³/mol. The maximum absolute atomic E-state index is 13.0. The number of carbonyl (C=O) groups is 12. The van der Waals surface area contributed by atoms with E-state index in [-0.39, 0.29) is 169 Å². The molecule has 2 aromatic heterocycles. The van der Waals surface area contributed by atoms with E-state index in [0.717, 1.165) is 214 Å². The van der Waals surface area contributed by atoms with Crippen LogP contribution in [0.25, 0.3) is 0 Å². The van der Waals surface area contributed by atoms with Crippen molar-refractivity contribution in [2.24, 2.45) is 79.8 Å². The van der Waals surface area contributed by atoms with E-state index in [2.05, 4.69) is 47.1 Å². The van der Waals surface area contributed by atoms with Crippen LogP contribution in [0.5, 0.6) is 0 Å². The topological polar surface area (TPSA) is 294 Å². The number of Topliss-reactive ketones (excluding diaryl/α,β-unsaturated/α-hetero) is 6. The summed E-state index contributed by atoms with van der Waals surface area (Å²) in [5.74, 6) is 0.248. The molecule has 3 unspecified atom stereocenters. The van der Waals surface area contributed by atoms with Crippen LogP contribution in [0.1, 0.15) is 290 Å². The SMILES string of the molecule is CC(CN(C)C)N(C)C(=O)[C@@H]1CCCC[C@@H]1C(=O)C(C)(C)C.CC(CN(C)C)N(C)C(=O)c1cccnc1C(=O)C(C)(C)C.CC(CN(C)C)N(C)C(=O)c1ncccc1C(=O)C(C)(C)C.CN(C)CCN(C)C(=O)[C@H]1CCCC[C@H]1C(=O)C(C)(C)C.CN(CCN1CCNCC1)C(=O)[C@@H]1CCCC[C@@H]1C(=O)C(C)(C)C.CN(CCN1CCNCC1)C(=O)[C@H]1CCCC[C@H]1C(=O)C(C)(C)C. The van der Waals surface area contributed by atoms with Gasteiger partial charge in [-0.15, -0.1) is 0 Å². The minimum Gasteiger partial charge on any atom is -0.344 e. The van der Waals surface area contributed by atoms with E-state index in [4.69, 9.17) is 0 Å². The van der Waals surface area contributed by atoms with Crippen LogP contribution in [-0.4, -0.2) is 367 Å². The van der Waals surface area contributed by atoms with Gasteiger partial charge in [-0.25, -0.2) is 0 Å². The van der Waals surface area contributed by atoms with Gasteiger partial charge in [-0.05, 0) is 153 Å². The highest BCUT2D eigenvalue weighted by atomic mass is 16.2. The van der Waals surface area contributed by atoms with Crippen LogP contribution in [0, 0.1) is 79.8 Å². The van der Waals surface area contributed by atoms with Gasteiger partial charge in [0.15, 0.2) is 11.6 Å². The number of nitrogens with one attached hydrogen (secondary N) is 2. The van der Waals surface area contributed by atoms with Crippen molar-refractivity contribution in [3.8, 4) is 0 Å². The van der Waals surface area contributed by atoms with Crippen molar-refractivity contribution < 1.29 is 57.5 Å². The maximum atomic E-state index is 13.0. The first kappa shape index (κ1) is 122. The Morgan fingerprint density at radius 3 is 0.874 bits per heavy atom. The van der Waals surface area contributed by atoms with E-state index in [9.17, 15) is 57.5 Å². The summed E-state index contributed by atoms with van der Waals surface area (Å²) in [6.07, 6.45) is 18.5. The van der Waals surface area contributed by atoms with E-state index in [1.807, 2.05) is 248 Å². The summed E-state index contributed by atoms with van der Waals surface area (Å²) in [5.41, 5.74) is -1.32. The van der Waals surface area contributed by atoms with Gasteiger partial charge in [-0.2, -0.15) is 0 Å². The zero-order chi connectivity index (χ0) is 103. The number of pyridine rings is 2. The summed E-state index contributed by atoms with van der Waals surface area (Å²) >= 11 is 0. The highest BCUT2D eigenvalue weighted by Crippen LogP contribution is 2.42. The van der Waals surface area contributed by atoms with Crippen LogP contribution in [0.3, 0.4) is 0 Å². The third-order valence-electron chi connectivity index (χ3n) is 27.3. The number of hydrogen-bond donors (Lipinski definition) is 2. The zero-order valence-electron chi connectivity index (χ0n) is 91.3. The lowest BCUT2D eigenvalue weighted by Gasteiger charge is -2.37. The lowest BCUT2D eigenvalue weighted by Crippen LogP contribution is -2.48. The number of ketones is 6. The first-order chi connectivity index (χ1) is 62.4. The second-order valence-electron chi connectivity index (χ2n) is 46.8. The van der Waals surface area contributed by atoms with E-state index in [0.29, 0.717) is 11.1 Å². The Balaban J connectivity index is 0.000000417. The van der Waals surface area contributed by atoms with Gasteiger partial charge in [0.1, 0.15) is 34.5 Å². The number of aromatic nitrogens is 2. The van der Waals surface area contributed by atoms with Crippen molar-refractivity contribution in [2.75, 3.05) is 210 Å². The maximum Gasteiger partial charge on any atom is 0.273 e. The average molecular weight is 1890 g/mol. The molecule has 28 heteroatoms. The van der Waals surface area contributed by atoms with Crippen LogP contribution < -0.4 is 10.6 Å². The van der Waals surface area contributed by atoms with Crippen molar-refractivity contribution >= 4 is 70.1 Å². The molecule has 28 nitrogen and oxygen atoms in total. The molecule has 4 heterocycles. The summed E-state index contributed by atoms with van der Waals surface area (Å²) in [6.45, 7) is 56.3. The minimum absolute atomic E-state index is 0.0297. The Morgan fingerprint density at radius 2 is 0.585 bits per heavy atom. The minimum atomic E-state index is -0.572. The monoisotopic (exact) mass is 1890 g/mol. The molecule has 0 radical (unpaired) electrons. The summed E-state index contributed by atoms with van der Waals surface area (Å²) in [5, 5.41) is 6.70. The lowest BCUT2D eigenvalue weighted by atomic mass is 9.70. The molecule has 2 aliphatic heterocycles. The zero-order valence-corrected chi connectivity index (χ0v) is 91.3. The molecule has 135 heavy (non-hydrogen) atoms. The Morgan fingerprint density at radius 1 is 0.319 bits per heavy atom. The van der Waals surface area contributed by atoms with E-state index in [1.54, 1.807) is 65.5 Å². The Kier molecular flexibility index (Phi) is 50.9. The third kappa shape index (κ3) is 40.2. The normalized spacial score (nSPS) is 21.1. The smallest absolute Gasteiger partial charge is 0.273 e. The summed E-state index contributed by atoms with van der Waals surface area (Å²) in [7, 11) is 26.9. The molecule has 6 amide bonds. The molecular formula is C107H190N16O12. The fourth-order valence-corrected chi connectivity index (χ4v) is 18.6. The van der Waals surface area contributed by atoms with Crippen LogP contribution in [-0.2, 0) is 38.4 Å². The van der Waals surface area contributed by atoms with E-state index in [1.165, 1.54) is 0 Å². The Hall–Kier alpha value is -7.18. The van der Waals surface area contributed by atoms with Crippen molar-refractivity contribution in [3.63, 3.8) is 0 Å². The summed E-state index contributed by atoms with van der Waals surface area (Å²) in [6, 6.07) is 6.97. The highest BCUT2D eigenvalue weighted by Gasteiger charge is 2.46. The van der Waals surface area contributed by atoms with Crippen molar-refractivity contribution in [1.82, 2.24) is 79.4 Å². The van der Waals surface area contributed by atoms with Gasteiger partial charge in [0.25, 0.3) is 11.8 Å². The molecule has 2 aromatic rings. The summed E-state index contributed by atoms with van der Waals surface area (Å²) < 4.78 is 0. The largest absolute Gasteiger partial charge is 0.344 e. The van der Waals surface area contributed by atoms with Crippen LogP contribution in [0.4, 0.5) is 0 Å². The van der Waals surface area contributed by atoms with Gasteiger partial charge in [0, 0.05) is 269 Å². The number of rotatable bonds is 30. The molecule has 11 atom stereocenters. The van der Waals surface area contributed by atoms with Gasteiger partial charge in [0.2, 0.25) is 23.6 Å². The highest BCUT2D eigenvalue weighted by molar-refractivity contribution is 6.09. The van der Waals surface area contributed by atoms with Gasteiger partial charge in [-0.3, -0.25) is 77.3 Å².